The molecule has 1 fully saturated rings. The van der Waals surface area contributed by atoms with Crippen molar-refractivity contribution in [3.05, 3.63) is 66.4 Å². The number of nitrogens with zero attached hydrogens (tertiary/aromatic N) is 6. The summed E-state index contributed by atoms with van der Waals surface area (Å²) in [4.78, 5) is 20.3. The van der Waals surface area contributed by atoms with Gasteiger partial charge in [0.25, 0.3) is 0 Å². The van der Waals surface area contributed by atoms with E-state index in [1.807, 2.05) is 23.0 Å². The molecule has 0 bridgehead atoms. The number of benzene rings is 1. The number of hydrogen-bond donors (Lipinski definition) is 1. The standard InChI is InChI=1S/C25H28FN7O2S/c1-16(2)18-13-29-25(30-14-18)32-9-6-17(7-10-32)24-28-15-22-23(27-8-11-33(22)24)31-21-5-4-19(12-20(21)26)36(3,34)35/h4-5,8,11-17H,6-7,9-10H2,1-3H3,(H,27,31). The molecule has 0 radical (unpaired) electrons. The van der Waals surface area contributed by atoms with Gasteiger partial charge in [-0.25, -0.2) is 32.7 Å². The van der Waals surface area contributed by atoms with E-state index in [0.29, 0.717) is 17.3 Å². The molecule has 1 aliphatic rings. The molecular weight excluding hydrogens is 481 g/mol. The number of halogens is 1. The summed E-state index contributed by atoms with van der Waals surface area (Å²) in [6.45, 7) is 5.91. The van der Waals surface area contributed by atoms with Crippen LogP contribution in [0.3, 0.4) is 0 Å². The molecule has 0 aliphatic carbocycles. The summed E-state index contributed by atoms with van der Waals surface area (Å²) in [5, 5.41) is 2.98. The third-order valence-corrected chi connectivity index (χ3v) is 7.69. The van der Waals surface area contributed by atoms with Crippen LogP contribution < -0.4 is 10.2 Å². The highest BCUT2D eigenvalue weighted by Gasteiger charge is 2.26. The second kappa shape index (κ2) is 9.45. The Hall–Kier alpha value is -3.60. The number of imidazole rings is 1. The summed E-state index contributed by atoms with van der Waals surface area (Å²) in [6, 6.07) is 3.78. The number of hydrogen-bond acceptors (Lipinski definition) is 8. The lowest BCUT2D eigenvalue weighted by Crippen LogP contribution is -2.34. The zero-order valence-corrected chi connectivity index (χ0v) is 21.2. The van der Waals surface area contributed by atoms with Gasteiger partial charge in [-0.15, -0.1) is 0 Å². The van der Waals surface area contributed by atoms with Crippen molar-refractivity contribution in [2.75, 3.05) is 29.6 Å². The first-order valence-corrected chi connectivity index (χ1v) is 13.8. The lowest BCUT2D eigenvalue weighted by atomic mass is 9.96. The van der Waals surface area contributed by atoms with Crippen molar-refractivity contribution in [3.8, 4) is 0 Å². The van der Waals surface area contributed by atoms with Gasteiger partial charge in [0.05, 0.1) is 16.8 Å². The molecule has 0 unspecified atom stereocenters. The van der Waals surface area contributed by atoms with E-state index in [1.54, 1.807) is 12.4 Å². The molecule has 1 aromatic carbocycles. The SMILES string of the molecule is CC(C)c1cnc(N2CCC(c3ncc4c(Nc5ccc(S(C)(=O)=O)cc5F)nccn34)CC2)nc1. The molecule has 1 saturated heterocycles. The van der Waals surface area contributed by atoms with Crippen molar-refractivity contribution in [2.45, 2.75) is 43.4 Å². The predicted octanol–water partition coefficient (Wildman–Crippen LogP) is 4.31. The minimum atomic E-state index is -3.49. The fourth-order valence-electron chi connectivity index (χ4n) is 4.43. The normalized spacial score (nSPS) is 15.1. The van der Waals surface area contributed by atoms with Crippen molar-refractivity contribution in [2.24, 2.45) is 0 Å². The fraction of sp³-hybridized carbons (Fsp3) is 0.360. The maximum atomic E-state index is 14.6. The average molecular weight is 510 g/mol. The second-order valence-electron chi connectivity index (χ2n) is 9.42. The van der Waals surface area contributed by atoms with E-state index < -0.39 is 15.7 Å². The summed E-state index contributed by atoms with van der Waals surface area (Å²) < 4.78 is 40.0. The Balaban J connectivity index is 1.32. The summed E-state index contributed by atoms with van der Waals surface area (Å²) in [6.07, 6.45) is 11.9. The highest BCUT2D eigenvalue weighted by molar-refractivity contribution is 7.90. The molecule has 188 valence electrons. The second-order valence-corrected chi connectivity index (χ2v) is 11.4. The molecule has 11 heteroatoms. The first-order valence-electron chi connectivity index (χ1n) is 11.9. The summed E-state index contributed by atoms with van der Waals surface area (Å²) in [5.74, 6) is 2.11. The van der Waals surface area contributed by atoms with E-state index in [9.17, 15) is 12.8 Å². The van der Waals surface area contributed by atoms with Crippen LogP contribution in [0.5, 0.6) is 0 Å². The van der Waals surface area contributed by atoms with E-state index in [-0.39, 0.29) is 16.5 Å². The van der Waals surface area contributed by atoms with Crippen LogP contribution in [0.4, 0.5) is 21.8 Å². The number of fused-ring (bicyclic) bond motifs is 1. The lowest BCUT2D eigenvalue weighted by molar-refractivity contribution is 0.479. The van der Waals surface area contributed by atoms with E-state index >= 15 is 0 Å². The molecule has 4 heterocycles. The zero-order valence-electron chi connectivity index (χ0n) is 20.4. The molecule has 0 atom stereocenters. The average Bonchev–Trinajstić information content (AvgIpc) is 3.30. The molecule has 36 heavy (non-hydrogen) atoms. The smallest absolute Gasteiger partial charge is 0.225 e. The number of anilines is 3. The van der Waals surface area contributed by atoms with Crippen molar-refractivity contribution in [1.82, 2.24) is 24.3 Å². The summed E-state index contributed by atoms with van der Waals surface area (Å²) in [5.41, 5.74) is 1.98. The van der Waals surface area contributed by atoms with Gasteiger partial charge in [0.1, 0.15) is 17.2 Å². The topological polar surface area (TPSA) is 105 Å². The van der Waals surface area contributed by atoms with Crippen molar-refractivity contribution >= 4 is 32.8 Å². The fourth-order valence-corrected chi connectivity index (χ4v) is 5.06. The lowest BCUT2D eigenvalue weighted by Gasteiger charge is -2.31. The van der Waals surface area contributed by atoms with Crippen LogP contribution >= 0.6 is 0 Å². The number of rotatable bonds is 6. The van der Waals surface area contributed by atoms with Crippen molar-refractivity contribution in [1.29, 1.82) is 0 Å². The van der Waals surface area contributed by atoms with Crippen LogP contribution in [-0.4, -0.2) is 52.1 Å². The van der Waals surface area contributed by atoms with Gasteiger partial charge in [0.2, 0.25) is 5.95 Å². The third-order valence-electron chi connectivity index (χ3n) is 6.58. The quantitative estimate of drug-likeness (QED) is 0.410. The number of nitrogens with one attached hydrogen (secondary N) is 1. The van der Waals surface area contributed by atoms with Gasteiger partial charge < -0.3 is 10.2 Å². The highest BCUT2D eigenvalue weighted by atomic mass is 32.2. The van der Waals surface area contributed by atoms with Gasteiger partial charge in [0.15, 0.2) is 15.7 Å². The Bertz CT molecular complexity index is 1490. The zero-order chi connectivity index (χ0) is 25.4. The molecule has 5 rings (SSSR count). The summed E-state index contributed by atoms with van der Waals surface area (Å²) in [7, 11) is -3.49. The van der Waals surface area contributed by atoms with Crippen LogP contribution in [0.15, 0.2) is 54.1 Å². The minimum Gasteiger partial charge on any atom is -0.341 e. The highest BCUT2D eigenvalue weighted by Crippen LogP contribution is 2.31. The Kier molecular flexibility index (Phi) is 6.33. The van der Waals surface area contributed by atoms with Crippen LogP contribution in [0.1, 0.15) is 49.9 Å². The number of sulfone groups is 1. The number of piperidine rings is 1. The maximum Gasteiger partial charge on any atom is 0.225 e. The van der Waals surface area contributed by atoms with E-state index in [4.69, 9.17) is 0 Å². The van der Waals surface area contributed by atoms with Crippen LogP contribution in [0.2, 0.25) is 0 Å². The van der Waals surface area contributed by atoms with Gasteiger partial charge in [-0.2, -0.15) is 0 Å². The van der Waals surface area contributed by atoms with Crippen LogP contribution in [0.25, 0.3) is 5.52 Å². The van der Waals surface area contributed by atoms with Crippen molar-refractivity contribution < 1.29 is 12.8 Å². The molecule has 1 N–H and O–H groups in total. The third kappa shape index (κ3) is 4.75. The molecule has 3 aromatic heterocycles. The van der Waals surface area contributed by atoms with Gasteiger partial charge >= 0.3 is 0 Å². The van der Waals surface area contributed by atoms with Crippen LogP contribution in [0, 0.1) is 5.82 Å². The molecule has 0 saturated carbocycles. The maximum absolute atomic E-state index is 14.6. The molecule has 9 nitrogen and oxygen atoms in total. The molecule has 4 aromatic rings. The molecular formula is C25H28FN7O2S. The van der Waals surface area contributed by atoms with Gasteiger partial charge in [-0.1, -0.05) is 13.8 Å². The Morgan fingerprint density at radius 2 is 1.78 bits per heavy atom. The Labute approximate surface area is 209 Å². The van der Waals surface area contributed by atoms with E-state index in [0.717, 1.165) is 55.6 Å². The predicted molar refractivity (Wildman–Crippen MR) is 136 cm³/mol. The monoisotopic (exact) mass is 509 g/mol. The number of aromatic nitrogens is 5. The van der Waals surface area contributed by atoms with Gasteiger partial charge in [0, 0.05) is 50.1 Å². The molecule has 0 spiro atoms. The minimum absolute atomic E-state index is 0.0732. The van der Waals surface area contributed by atoms with E-state index in [1.165, 1.54) is 12.1 Å². The van der Waals surface area contributed by atoms with Crippen molar-refractivity contribution in [3.63, 3.8) is 0 Å². The first-order chi connectivity index (χ1) is 17.2. The molecule has 1 aliphatic heterocycles. The van der Waals surface area contributed by atoms with E-state index in [2.05, 4.69) is 44.0 Å². The summed E-state index contributed by atoms with van der Waals surface area (Å²) >= 11 is 0. The largest absolute Gasteiger partial charge is 0.341 e. The van der Waals surface area contributed by atoms with Gasteiger partial charge in [-0.05, 0) is 42.5 Å². The first kappa shape index (κ1) is 24.1. The Morgan fingerprint density at radius 1 is 1.06 bits per heavy atom. The Morgan fingerprint density at radius 3 is 2.42 bits per heavy atom. The molecule has 0 amide bonds. The van der Waals surface area contributed by atoms with Gasteiger partial charge in [-0.3, -0.25) is 4.40 Å². The van der Waals surface area contributed by atoms with Crippen LogP contribution in [-0.2, 0) is 9.84 Å².